The second kappa shape index (κ2) is 7.22. The number of ether oxygens (including phenoxy) is 4. The van der Waals surface area contributed by atoms with Crippen LogP contribution in [0.3, 0.4) is 0 Å². The number of hydrogen-bond acceptors (Lipinski definition) is 5. The first-order valence-corrected chi connectivity index (χ1v) is 12.9. The van der Waals surface area contributed by atoms with E-state index in [9.17, 15) is 0 Å². The van der Waals surface area contributed by atoms with E-state index in [0.717, 1.165) is 23.1 Å². The summed E-state index contributed by atoms with van der Waals surface area (Å²) in [5, 5.41) is 5.46. The van der Waals surface area contributed by atoms with Crippen molar-refractivity contribution in [2.75, 3.05) is 26.9 Å². The van der Waals surface area contributed by atoms with Gasteiger partial charge in [0.15, 0.2) is 0 Å². The molecule has 7 heteroatoms. The first-order chi connectivity index (χ1) is 11.5. The van der Waals surface area contributed by atoms with Crippen LogP contribution in [0.25, 0.3) is 10.9 Å². The summed E-state index contributed by atoms with van der Waals surface area (Å²) in [5.41, 5.74) is 1.97. The van der Waals surface area contributed by atoms with E-state index in [1.807, 2.05) is 22.9 Å². The SMILES string of the molecule is COc1nn(COCC[SiH-](C)(C)C)c2ccc(C3OCCO3)cc12. The van der Waals surface area contributed by atoms with E-state index in [1.165, 1.54) is 6.04 Å². The van der Waals surface area contributed by atoms with Crippen molar-refractivity contribution in [3.8, 4) is 5.88 Å². The van der Waals surface area contributed by atoms with Crippen LogP contribution >= 0.6 is 0 Å². The summed E-state index contributed by atoms with van der Waals surface area (Å²) in [7, 11) is 0.284. The van der Waals surface area contributed by atoms with E-state index >= 15 is 0 Å². The number of nitrogens with zero attached hydrogens (tertiary/aromatic N) is 2. The summed E-state index contributed by atoms with van der Waals surface area (Å²) in [6, 6.07) is 7.23. The second-order valence-corrected chi connectivity index (χ2v) is 14.1. The minimum absolute atomic E-state index is 0.295. The van der Waals surface area contributed by atoms with Gasteiger partial charge in [-0.3, -0.25) is 0 Å². The fraction of sp³-hybridized carbons (Fsp3) is 0.588. The van der Waals surface area contributed by atoms with Crippen molar-refractivity contribution in [2.24, 2.45) is 0 Å². The summed E-state index contributed by atoms with van der Waals surface area (Å²) >= 11 is 0. The molecule has 1 aromatic carbocycles. The molecule has 0 N–H and O–H groups in total. The Morgan fingerprint density at radius 1 is 1.25 bits per heavy atom. The molecule has 1 fully saturated rings. The van der Waals surface area contributed by atoms with Gasteiger partial charge in [0, 0.05) is 0 Å². The monoisotopic (exact) mass is 351 g/mol. The molecule has 0 spiro atoms. The summed E-state index contributed by atoms with van der Waals surface area (Å²) in [5.74, 6) is 0.598. The van der Waals surface area contributed by atoms with E-state index in [2.05, 4.69) is 24.7 Å². The van der Waals surface area contributed by atoms with Gasteiger partial charge in [-0.25, -0.2) is 0 Å². The first-order valence-electron chi connectivity index (χ1n) is 8.62. The van der Waals surface area contributed by atoms with Gasteiger partial charge in [-0.2, -0.15) is 0 Å². The molecule has 24 heavy (non-hydrogen) atoms. The van der Waals surface area contributed by atoms with Crippen LogP contribution in [0.1, 0.15) is 11.9 Å². The van der Waals surface area contributed by atoms with Crippen LogP contribution in [0.2, 0.25) is 25.7 Å². The van der Waals surface area contributed by atoms with E-state index in [0.29, 0.717) is 25.8 Å². The number of benzene rings is 1. The van der Waals surface area contributed by atoms with E-state index in [-0.39, 0.29) is 6.29 Å². The zero-order valence-corrected chi connectivity index (χ0v) is 16.1. The Morgan fingerprint density at radius 3 is 2.67 bits per heavy atom. The summed E-state index contributed by atoms with van der Waals surface area (Å²) in [4.78, 5) is 0. The van der Waals surface area contributed by atoms with Crippen LogP contribution in [0.4, 0.5) is 0 Å². The molecule has 1 aliphatic rings. The van der Waals surface area contributed by atoms with E-state index in [1.54, 1.807) is 7.11 Å². The number of aromatic nitrogens is 2. The van der Waals surface area contributed by atoms with E-state index < -0.39 is 8.07 Å². The minimum atomic E-state index is -1.35. The topological polar surface area (TPSA) is 54.7 Å². The number of rotatable bonds is 7. The van der Waals surface area contributed by atoms with Crippen LogP contribution < -0.4 is 4.74 Å². The van der Waals surface area contributed by atoms with Crippen LogP contribution in [-0.2, 0) is 20.9 Å². The van der Waals surface area contributed by atoms with Crippen LogP contribution in [0.5, 0.6) is 5.88 Å². The van der Waals surface area contributed by atoms with Gasteiger partial charge in [-0.15, -0.1) is 0 Å². The molecule has 0 unspecified atom stereocenters. The van der Waals surface area contributed by atoms with Gasteiger partial charge in [-0.1, -0.05) is 0 Å². The standard InChI is InChI=1S/C17H27N2O4Si/c1-20-16-14-11-13(17-22-7-8-23-17)5-6-15(14)19(18-16)12-21-9-10-24(2,3)4/h5-6,11,17,24H,7-10,12H2,1-4H3/q-1. The summed E-state index contributed by atoms with van der Waals surface area (Å²) in [6.45, 7) is 9.59. The zero-order chi connectivity index (χ0) is 17.2. The van der Waals surface area contributed by atoms with Crippen molar-refractivity contribution in [3.63, 3.8) is 0 Å². The van der Waals surface area contributed by atoms with Crippen molar-refractivity contribution in [3.05, 3.63) is 23.8 Å². The zero-order valence-electron chi connectivity index (χ0n) is 14.9. The fourth-order valence-electron chi connectivity index (χ4n) is 2.70. The number of hydrogen-bond donors (Lipinski definition) is 0. The van der Waals surface area contributed by atoms with Gasteiger partial charge in [0.1, 0.15) is 0 Å². The third-order valence-corrected chi connectivity index (χ3v) is 6.14. The predicted octanol–water partition coefficient (Wildman–Crippen LogP) is 3.13. The van der Waals surface area contributed by atoms with Crippen molar-refractivity contribution in [1.29, 1.82) is 0 Å². The molecule has 0 aliphatic carbocycles. The van der Waals surface area contributed by atoms with Gasteiger partial charge in [0.2, 0.25) is 0 Å². The van der Waals surface area contributed by atoms with Crippen molar-refractivity contribution < 1.29 is 18.9 Å². The molecule has 3 rings (SSSR count). The molecular formula is C17H27N2O4Si-. The first kappa shape index (κ1) is 17.4. The Hall–Kier alpha value is -1.41. The van der Waals surface area contributed by atoms with Crippen molar-refractivity contribution in [1.82, 2.24) is 9.78 Å². The third-order valence-electron chi connectivity index (χ3n) is 4.17. The molecule has 0 radical (unpaired) electrons. The van der Waals surface area contributed by atoms with Crippen molar-refractivity contribution in [2.45, 2.75) is 38.7 Å². The van der Waals surface area contributed by atoms with Crippen molar-refractivity contribution >= 4 is 19.0 Å². The molecule has 2 aromatic rings. The Labute approximate surface area is 143 Å². The van der Waals surface area contributed by atoms with Crippen LogP contribution in [0.15, 0.2) is 18.2 Å². The number of methoxy groups -OCH3 is 1. The summed E-state index contributed by atoms with van der Waals surface area (Å²) < 4.78 is 24.2. The fourth-order valence-corrected chi connectivity index (χ4v) is 3.58. The van der Waals surface area contributed by atoms with Gasteiger partial charge in [0.05, 0.1) is 0 Å². The molecule has 0 amide bonds. The average Bonchev–Trinajstić information content (AvgIpc) is 3.18. The molecule has 1 aliphatic heterocycles. The normalized spacial score (nSPS) is 16.8. The molecule has 6 nitrogen and oxygen atoms in total. The molecule has 0 bridgehead atoms. The molecule has 0 saturated carbocycles. The second-order valence-electron chi connectivity index (χ2n) is 7.64. The van der Waals surface area contributed by atoms with Gasteiger partial charge in [-0.05, 0) is 0 Å². The molecule has 134 valence electrons. The number of fused-ring (bicyclic) bond motifs is 1. The van der Waals surface area contributed by atoms with Crippen LogP contribution in [-0.4, -0.2) is 44.8 Å². The Bertz CT molecular complexity index is 690. The Kier molecular flexibility index (Phi) is 5.24. The third kappa shape index (κ3) is 3.97. The maximum absolute atomic E-state index is 5.83. The van der Waals surface area contributed by atoms with Gasteiger partial charge < -0.3 is 0 Å². The quantitative estimate of drug-likeness (QED) is 0.567. The summed E-state index contributed by atoms with van der Waals surface area (Å²) in [6.07, 6.45) is -0.295. The maximum atomic E-state index is 5.83. The molecule has 0 atom stereocenters. The Morgan fingerprint density at radius 2 is 2.00 bits per heavy atom. The van der Waals surface area contributed by atoms with Crippen LogP contribution in [0, 0.1) is 0 Å². The average molecular weight is 351 g/mol. The Balaban J connectivity index is 1.76. The van der Waals surface area contributed by atoms with E-state index in [4.69, 9.17) is 18.9 Å². The molecule has 1 saturated heterocycles. The molecule has 1 aromatic heterocycles. The van der Waals surface area contributed by atoms with Gasteiger partial charge >= 0.3 is 143 Å². The van der Waals surface area contributed by atoms with Gasteiger partial charge in [0.25, 0.3) is 0 Å². The molecular weight excluding hydrogens is 324 g/mol. The molecule has 2 heterocycles. The predicted molar refractivity (Wildman–Crippen MR) is 96.4 cm³/mol.